The summed E-state index contributed by atoms with van der Waals surface area (Å²) in [5, 5.41) is 0. The van der Waals surface area contributed by atoms with Crippen LogP contribution in [0.2, 0.25) is 0 Å². The summed E-state index contributed by atoms with van der Waals surface area (Å²) in [5.74, 6) is 1.34. The van der Waals surface area contributed by atoms with Crippen LogP contribution in [-0.2, 0) is 0 Å². The van der Waals surface area contributed by atoms with Gasteiger partial charge in [-0.2, -0.15) is 11.8 Å². The van der Waals surface area contributed by atoms with E-state index in [0.29, 0.717) is 10.8 Å². The quantitative estimate of drug-likeness (QED) is 0.608. The minimum Gasteiger partial charge on any atom is -0.165 e. The Morgan fingerprint density at radius 1 is 1.15 bits per heavy atom. The molecule has 0 amide bonds. The van der Waals surface area contributed by atoms with Gasteiger partial charge in [0.2, 0.25) is 0 Å². The first-order valence-corrected chi connectivity index (χ1v) is 6.90. The van der Waals surface area contributed by atoms with Crippen molar-refractivity contribution in [3.63, 3.8) is 0 Å². The summed E-state index contributed by atoms with van der Waals surface area (Å²) in [4.78, 5) is 0. The summed E-state index contributed by atoms with van der Waals surface area (Å²) in [6.45, 7) is 7.42. The molecule has 0 unspecified atom stereocenters. The molecule has 0 aliphatic heterocycles. The number of hydrogen-bond donors (Lipinski definition) is 0. The fraction of sp³-hybridized carbons (Fsp3) is 1.00. The molecular weight excluding hydrogens is 176 g/mol. The topological polar surface area (TPSA) is 0 Å². The van der Waals surface area contributed by atoms with Crippen LogP contribution in [0.15, 0.2) is 0 Å². The highest BCUT2D eigenvalue weighted by Gasteiger charge is 2.43. The van der Waals surface area contributed by atoms with E-state index in [-0.39, 0.29) is 0 Å². The van der Waals surface area contributed by atoms with Crippen LogP contribution in [0.1, 0.15) is 52.9 Å². The Morgan fingerprint density at radius 3 is 2.31 bits per heavy atom. The van der Waals surface area contributed by atoms with Gasteiger partial charge in [-0.15, -0.1) is 0 Å². The van der Waals surface area contributed by atoms with Crippen LogP contribution < -0.4 is 0 Å². The summed E-state index contributed by atoms with van der Waals surface area (Å²) >= 11 is 1.98. The van der Waals surface area contributed by atoms with Crippen LogP contribution in [0.5, 0.6) is 0 Å². The minimum absolute atomic E-state index is 0.589. The molecule has 0 heterocycles. The normalized spacial score (nSPS) is 32.3. The van der Waals surface area contributed by atoms with Gasteiger partial charge in [-0.3, -0.25) is 0 Å². The van der Waals surface area contributed by atoms with E-state index in [9.17, 15) is 0 Å². The molecule has 1 heteroatoms. The zero-order valence-corrected chi connectivity index (χ0v) is 10.5. The molecule has 0 spiro atoms. The Kier molecular flexibility index (Phi) is 3.73. The molecule has 0 saturated heterocycles. The Hall–Kier alpha value is 0.350. The standard InChI is InChI=1S/C12H24S/c1-11(2)7-5-8-12(11,3)9-6-10-13-4/h5-10H2,1-4H3/t12-/m0/s1. The van der Waals surface area contributed by atoms with Crippen LogP contribution in [0.25, 0.3) is 0 Å². The third-order valence-corrected chi connectivity index (χ3v) is 4.94. The molecule has 1 aliphatic rings. The SMILES string of the molecule is CSCCC[C@]1(C)CCCC1(C)C. The third-order valence-electron chi connectivity index (χ3n) is 4.24. The van der Waals surface area contributed by atoms with Gasteiger partial charge >= 0.3 is 0 Å². The maximum absolute atomic E-state index is 2.50. The van der Waals surface area contributed by atoms with Gasteiger partial charge in [-0.1, -0.05) is 27.2 Å². The first kappa shape index (κ1) is 11.4. The summed E-state index contributed by atoms with van der Waals surface area (Å²) in [6.07, 6.45) is 9.38. The molecule has 0 radical (unpaired) electrons. The molecule has 1 saturated carbocycles. The van der Waals surface area contributed by atoms with Gasteiger partial charge < -0.3 is 0 Å². The highest BCUT2D eigenvalue weighted by molar-refractivity contribution is 7.98. The van der Waals surface area contributed by atoms with Crippen molar-refractivity contribution in [2.75, 3.05) is 12.0 Å². The Labute approximate surface area is 87.9 Å². The highest BCUT2D eigenvalue weighted by Crippen LogP contribution is 2.54. The lowest BCUT2D eigenvalue weighted by Crippen LogP contribution is -2.29. The van der Waals surface area contributed by atoms with Gasteiger partial charge in [0.15, 0.2) is 0 Å². The van der Waals surface area contributed by atoms with Crippen molar-refractivity contribution in [3.8, 4) is 0 Å². The van der Waals surface area contributed by atoms with Crippen LogP contribution in [-0.4, -0.2) is 12.0 Å². The van der Waals surface area contributed by atoms with Gasteiger partial charge in [0.05, 0.1) is 0 Å². The van der Waals surface area contributed by atoms with Crippen molar-refractivity contribution in [3.05, 3.63) is 0 Å². The predicted molar refractivity (Wildman–Crippen MR) is 63.4 cm³/mol. The molecule has 0 aromatic heterocycles. The second kappa shape index (κ2) is 4.25. The van der Waals surface area contributed by atoms with Crippen LogP contribution in [0, 0.1) is 10.8 Å². The first-order valence-electron chi connectivity index (χ1n) is 5.51. The number of thioether (sulfide) groups is 1. The molecule has 13 heavy (non-hydrogen) atoms. The first-order chi connectivity index (χ1) is 6.02. The lowest BCUT2D eigenvalue weighted by atomic mass is 9.67. The third kappa shape index (κ3) is 2.43. The number of rotatable bonds is 4. The highest BCUT2D eigenvalue weighted by atomic mass is 32.2. The minimum atomic E-state index is 0.589. The maximum atomic E-state index is 2.50. The fourth-order valence-corrected chi connectivity index (χ4v) is 3.06. The molecule has 1 fully saturated rings. The van der Waals surface area contributed by atoms with Crippen molar-refractivity contribution < 1.29 is 0 Å². The maximum Gasteiger partial charge on any atom is -0.00701 e. The summed E-state index contributed by atoms with van der Waals surface area (Å²) in [7, 11) is 0. The molecule has 0 N–H and O–H groups in total. The molecule has 78 valence electrons. The van der Waals surface area contributed by atoms with Crippen molar-refractivity contribution >= 4 is 11.8 Å². The molecular formula is C12H24S. The monoisotopic (exact) mass is 200 g/mol. The largest absolute Gasteiger partial charge is 0.165 e. The van der Waals surface area contributed by atoms with E-state index in [1.807, 2.05) is 11.8 Å². The zero-order valence-electron chi connectivity index (χ0n) is 9.65. The average molecular weight is 200 g/mol. The second-order valence-corrected chi connectivity index (χ2v) is 6.38. The molecule has 1 atom stereocenters. The van der Waals surface area contributed by atoms with Gasteiger partial charge in [-0.05, 0) is 48.5 Å². The lowest BCUT2D eigenvalue weighted by Gasteiger charge is -2.38. The van der Waals surface area contributed by atoms with Crippen molar-refractivity contribution in [1.29, 1.82) is 0 Å². The summed E-state index contributed by atoms with van der Waals surface area (Å²) in [5.41, 5.74) is 1.22. The van der Waals surface area contributed by atoms with Gasteiger partial charge in [0, 0.05) is 0 Å². The fourth-order valence-electron chi connectivity index (χ4n) is 2.63. The Morgan fingerprint density at radius 2 is 1.85 bits per heavy atom. The second-order valence-electron chi connectivity index (χ2n) is 5.39. The Bertz CT molecular complexity index is 163. The van der Waals surface area contributed by atoms with Gasteiger partial charge in [-0.25, -0.2) is 0 Å². The van der Waals surface area contributed by atoms with Crippen LogP contribution >= 0.6 is 11.8 Å². The van der Waals surface area contributed by atoms with E-state index >= 15 is 0 Å². The van der Waals surface area contributed by atoms with Crippen molar-refractivity contribution in [2.24, 2.45) is 10.8 Å². The Balaban J connectivity index is 2.45. The molecule has 0 nitrogen and oxygen atoms in total. The van der Waals surface area contributed by atoms with Crippen molar-refractivity contribution in [2.45, 2.75) is 52.9 Å². The summed E-state index contributed by atoms with van der Waals surface area (Å²) < 4.78 is 0. The molecule has 0 aromatic carbocycles. The van der Waals surface area contributed by atoms with E-state index in [0.717, 1.165) is 0 Å². The lowest BCUT2D eigenvalue weighted by molar-refractivity contribution is 0.119. The van der Waals surface area contributed by atoms with Crippen LogP contribution in [0.3, 0.4) is 0 Å². The van der Waals surface area contributed by atoms with E-state index in [1.54, 1.807) is 0 Å². The molecule has 1 aliphatic carbocycles. The molecule has 1 rings (SSSR count). The van der Waals surface area contributed by atoms with Crippen LogP contribution in [0.4, 0.5) is 0 Å². The zero-order chi connectivity index (χ0) is 9.95. The molecule has 0 aromatic rings. The molecule has 0 bridgehead atoms. The van der Waals surface area contributed by atoms with Gasteiger partial charge in [0.25, 0.3) is 0 Å². The van der Waals surface area contributed by atoms with Crippen molar-refractivity contribution in [1.82, 2.24) is 0 Å². The number of hydrogen-bond acceptors (Lipinski definition) is 1. The van der Waals surface area contributed by atoms with E-state index < -0.39 is 0 Å². The predicted octanol–water partition coefficient (Wildman–Crippen LogP) is 4.35. The van der Waals surface area contributed by atoms with E-state index in [2.05, 4.69) is 27.0 Å². The smallest absolute Gasteiger partial charge is 0.00701 e. The van der Waals surface area contributed by atoms with E-state index in [1.165, 1.54) is 37.9 Å². The average Bonchev–Trinajstić information content (AvgIpc) is 2.28. The summed E-state index contributed by atoms with van der Waals surface area (Å²) in [6, 6.07) is 0. The van der Waals surface area contributed by atoms with E-state index in [4.69, 9.17) is 0 Å². The van der Waals surface area contributed by atoms with Gasteiger partial charge in [0.1, 0.15) is 0 Å².